The van der Waals surface area contributed by atoms with Crippen LogP contribution in [0, 0.1) is 13.8 Å². The van der Waals surface area contributed by atoms with Crippen LogP contribution in [0.2, 0.25) is 0 Å². The molecule has 3 rings (SSSR count). The lowest BCUT2D eigenvalue weighted by Crippen LogP contribution is -2.31. The molecule has 0 fully saturated rings. The fourth-order valence-corrected chi connectivity index (χ4v) is 3.45. The van der Waals surface area contributed by atoms with Crippen molar-refractivity contribution in [3.63, 3.8) is 0 Å². The molecule has 0 spiro atoms. The SMILES string of the molecule is CCC(=O)C1=C(O)C(=O)N(c2cccc(C)c2C)C1c1cccc(OC)c1. The highest BCUT2D eigenvalue weighted by Gasteiger charge is 2.44. The molecule has 1 N–H and O–H groups in total. The summed E-state index contributed by atoms with van der Waals surface area (Å²) in [6.45, 7) is 5.61. The van der Waals surface area contributed by atoms with Gasteiger partial charge in [0.05, 0.1) is 18.7 Å². The molecule has 1 aliphatic rings. The first kappa shape index (κ1) is 18.7. The van der Waals surface area contributed by atoms with Crippen LogP contribution in [0.4, 0.5) is 5.69 Å². The van der Waals surface area contributed by atoms with Gasteiger partial charge in [-0.15, -0.1) is 0 Å². The highest BCUT2D eigenvalue weighted by Crippen LogP contribution is 2.43. The van der Waals surface area contributed by atoms with Crippen molar-refractivity contribution < 1.29 is 19.4 Å². The molecule has 1 aliphatic heterocycles. The van der Waals surface area contributed by atoms with Gasteiger partial charge in [-0.1, -0.05) is 31.2 Å². The molecule has 140 valence electrons. The van der Waals surface area contributed by atoms with E-state index in [-0.39, 0.29) is 17.8 Å². The summed E-state index contributed by atoms with van der Waals surface area (Å²) < 4.78 is 5.31. The van der Waals surface area contributed by atoms with Crippen molar-refractivity contribution in [2.24, 2.45) is 0 Å². The summed E-state index contributed by atoms with van der Waals surface area (Å²) in [5, 5.41) is 10.5. The summed E-state index contributed by atoms with van der Waals surface area (Å²) in [5.41, 5.74) is 3.48. The lowest BCUT2D eigenvalue weighted by molar-refractivity contribution is -0.118. The number of methoxy groups -OCH3 is 1. The zero-order valence-corrected chi connectivity index (χ0v) is 15.9. The van der Waals surface area contributed by atoms with E-state index in [2.05, 4.69) is 0 Å². The molecule has 1 amide bonds. The van der Waals surface area contributed by atoms with Gasteiger partial charge in [0.2, 0.25) is 0 Å². The number of hydrogen-bond acceptors (Lipinski definition) is 4. The number of ether oxygens (including phenoxy) is 1. The fourth-order valence-electron chi connectivity index (χ4n) is 3.45. The first-order valence-corrected chi connectivity index (χ1v) is 8.90. The average molecular weight is 365 g/mol. The molecule has 0 aliphatic carbocycles. The predicted octanol–water partition coefficient (Wildman–Crippen LogP) is 4.19. The third-order valence-corrected chi connectivity index (χ3v) is 5.07. The summed E-state index contributed by atoms with van der Waals surface area (Å²) in [4.78, 5) is 27.1. The van der Waals surface area contributed by atoms with E-state index in [9.17, 15) is 14.7 Å². The quantitative estimate of drug-likeness (QED) is 0.863. The van der Waals surface area contributed by atoms with Crippen molar-refractivity contribution in [1.82, 2.24) is 0 Å². The number of amides is 1. The molecule has 0 radical (unpaired) electrons. The number of carbonyl (C=O) groups is 2. The van der Waals surface area contributed by atoms with Crippen molar-refractivity contribution in [3.05, 3.63) is 70.5 Å². The molecule has 0 saturated carbocycles. The number of carbonyl (C=O) groups excluding carboxylic acids is 2. The van der Waals surface area contributed by atoms with Gasteiger partial charge in [0.1, 0.15) is 5.75 Å². The number of anilines is 1. The molecule has 5 heteroatoms. The van der Waals surface area contributed by atoms with E-state index >= 15 is 0 Å². The van der Waals surface area contributed by atoms with Gasteiger partial charge in [0.25, 0.3) is 5.91 Å². The Hall–Kier alpha value is -3.08. The van der Waals surface area contributed by atoms with Crippen LogP contribution in [0.3, 0.4) is 0 Å². The molecule has 0 aromatic heterocycles. The minimum absolute atomic E-state index is 0.136. The summed E-state index contributed by atoms with van der Waals surface area (Å²) in [5.74, 6) is -0.666. The van der Waals surface area contributed by atoms with Crippen molar-refractivity contribution >= 4 is 17.4 Å². The van der Waals surface area contributed by atoms with Gasteiger partial charge in [-0.25, -0.2) is 0 Å². The van der Waals surface area contributed by atoms with Crippen LogP contribution in [-0.4, -0.2) is 23.9 Å². The van der Waals surface area contributed by atoms with Crippen molar-refractivity contribution in [2.45, 2.75) is 33.2 Å². The number of ketones is 1. The maximum absolute atomic E-state index is 13.0. The molecule has 5 nitrogen and oxygen atoms in total. The van der Waals surface area contributed by atoms with Gasteiger partial charge in [-0.05, 0) is 48.7 Å². The number of aliphatic hydroxyl groups is 1. The summed E-state index contributed by atoms with van der Waals surface area (Å²) >= 11 is 0. The number of Topliss-reactive ketones (excluding diaryl/α,β-unsaturated/α-hetero) is 1. The van der Waals surface area contributed by atoms with Crippen LogP contribution in [-0.2, 0) is 9.59 Å². The standard InChI is InChI=1S/C22H23NO4/c1-5-18(24)19-20(15-9-7-10-16(12-15)27-4)23(22(26)21(19)25)17-11-6-8-13(2)14(17)3/h6-12,20,25H,5H2,1-4H3. The fraction of sp³-hybridized carbons (Fsp3) is 0.273. The zero-order chi connectivity index (χ0) is 19.7. The second-order valence-electron chi connectivity index (χ2n) is 6.61. The van der Waals surface area contributed by atoms with E-state index in [0.29, 0.717) is 17.0 Å². The molecular formula is C22H23NO4. The molecule has 2 aromatic carbocycles. The Morgan fingerprint density at radius 2 is 1.89 bits per heavy atom. The third kappa shape index (κ3) is 3.10. The zero-order valence-electron chi connectivity index (χ0n) is 15.9. The maximum atomic E-state index is 13.0. The first-order chi connectivity index (χ1) is 12.9. The van der Waals surface area contributed by atoms with Crippen LogP contribution in [0.25, 0.3) is 0 Å². The van der Waals surface area contributed by atoms with Gasteiger partial charge in [-0.3, -0.25) is 14.5 Å². The van der Waals surface area contributed by atoms with Gasteiger partial charge in [0, 0.05) is 12.1 Å². The number of aryl methyl sites for hydroxylation is 1. The average Bonchev–Trinajstić information content (AvgIpc) is 2.94. The third-order valence-electron chi connectivity index (χ3n) is 5.07. The molecule has 27 heavy (non-hydrogen) atoms. The van der Waals surface area contributed by atoms with Crippen LogP contribution in [0.1, 0.15) is 36.1 Å². The van der Waals surface area contributed by atoms with Gasteiger partial charge >= 0.3 is 0 Å². The predicted molar refractivity (Wildman–Crippen MR) is 104 cm³/mol. The van der Waals surface area contributed by atoms with E-state index in [4.69, 9.17) is 4.74 Å². The topological polar surface area (TPSA) is 66.8 Å². The Bertz CT molecular complexity index is 945. The Labute approximate surface area is 158 Å². The van der Waals surface area contributed by atoms with E-state index < -0.39 is 17.7 Å². The largest absolute Gasteiger partial charge is 0.503 e. The monoisotopic (exact) mass is 365 g/mol. The van der Waals surface area contributed by atoms with Crippen LogP contribution < -0.4 is 9.64 Å². The Morgan fingerprint density at radius 1 is 1.19 bits per heavy atom. The van der Waals surface area contributed by atoms with Crippen molar-refractivity contribution in [3.8, 4) is 5.75 Å². The molecule has 1 heterocycles. The molecule has 2 aromatic rings. The minimum atomic E-state index is -0.694. The maximum Gasteiger partial charge on any atom is 0.294 e. The second-order valence-corrected chi connectivity index (χ2v) is 6.61. The van der Waals surface area contributed by atoms with Crippen LogP contribution in [0.5, 0.6) is 5.75 Å². The molecule has 1 atom stereocenters. The number of hydrogen-bond donors (Lipinski definition) is 1. The van der Waals surface area contributed by atoms with E-state index in [0.717, 1.165) is 11.1 Å². The van der Waals surface area contributed by atoms with E-state index in [1.54, 1.807) is 26.2 Å². The van der Waals surface area contributed by atoms with Gasteiger partial charge < -0.3 is 9.84 Å². The van der Waals surface area contributed by atoms with Crippen LogP contribution >= 0.6 is 0 Å². The highest BCUT2D eigenvalue weighted by molar-refractivity contribution is 6.16. The van der Waals surface area contributed by atoms with E-state index in [1.165, 1.54) is 4.90 Å². The molecule has 0 bridgehead atoms. The normalized spacial score (nSPS) is 16.8. The van der Waals surface area contributed by atoms with E-state index in [1.807, 2.05) is 44.2 Å². The lowest BCUT2D eigenvalue weighted by Gasteiger charge is -2.29. The molecule has 1 unspecified atom stereocenters. The highest BCUT2D eigenvalue weighted by atomic mass is 16.5. The van der Waals surface area contributed by atoms with Gasteiger partial charge in [0.15, 0.2) is 11.5 Å². The van der Waals surface area contributed by atoms with Crippen molar-refractivity contribution in [1.29, 1.82) is 0 Å². The first-order valence-electron chi connectivity index (χ1n) is 8.90. The number of rotatable bonds is 5. The molecule has 0 saturated heterocycles. The Balaban J connectivity index is 2.24. The number of aliphatic hydroxyl groups excluding tert-OH is 1. The summed E-state index contributed by atoms with van der Waals surface area (Å²) in [7, 11) is 1.56. The van der Waals surface area contributed by atoms with Crippen LogP contribution in [0.15, 0.2) is 53.8 Å². The second kappa shape index (κ2) is 7.27. The van der Waals surface area contributed by atoms with Crippen molar-refractivity contribution in [2.75, 3.05) is 12.0 Å². The van der Waals surface area contributed by atoms with Gasteiger partial charge in [-0.2, -0.15) is 0 Å². The summed E-state index contributed by atoms with van der Waals surface area (Å²) in [6.07, 6.45) is 0.202. The molecular weight excluding hydrogens is 342 g/mol. The number of benzene rings is 2. The Morgan fingerprint density at radius 3 is 2.56 bits per heavy atom. The smallest absolute Gasteiger partial charge is 0.294 e. The lowest BCUT2D eigenvalue weighted by atomic mass is 9.94. The minimum Gasteiger partial charge on any atom is -0.503 e. The summed E-state index contributed by atoms with van der Waals surface area (Å²) in [6, 6.07) is 12.2. The Kier molecular flexibility index (Phi) is 5.04. The number of nitrogens with zero attached hydrogens (tertiary/aromatic N) is 1.